The molecule has 1 N–H and O–H groups in total. The summed E-state index contributed by atoms with van der Waals surface area (Å²) in [7, 11) is -3.81. The van der Waals surface area contributed by atoms with Crippen molar-refractivity contribution >= 4 is 27.8 Å². The number of nitrogens with one attached hydrogen (secondary N) is 1. The van der Waals surface area contributed by atoms with Crippen molar-refractivity contribution in [3.63, 3.8) is 0 Å². The Morgan fingerprint density at radius 2 is 1.62 bits per heavy atom. The number of hydrogen-bond acceptors (Lipinski definition) is 4. The van der Waals surface area contributed by atoms with Gasteiger partial charge < -0.3 is 0 Å². The maximum Gasteiger partial charge on any atom is 0.264 e. The normalized spacial score (nSPS) is 11.8. The van der Waals surface area contributed by atoms with E-state index in [0.29, 0.717) is 11.6 Å². The second-order valence-corrected chi connectivity index (χ2v) is 7.42. The lowest BCUT2D eigenvalue weighted by molar-refractivity contribution is -0.117. The van der Waals surface area contributed by atoms with Crippen molar-refractivity contribution < 1.29 is 13.2 Å². The van der Waals surface area contributed by atoms with Gasteiger partial charge in [0.25, 0.3) is 10.0 Å². The van der Waals surface area contributed by atoms with Crippen LogP contribution in [0.3, 0.4) is 0 Å². The Kier molecular flexibility index (Phi) is 5.51. The Balaban J connectivity index is 2.12. The van der Waals surface area contributed by atoms with Gasteiger partial charge in [-0.1, -0.05) is 38.1 Å². The van der Waals surface area contributed by atoms with Crippen molar-refractivity contribution in [2.45, 2.75) is 31.6 Å². The molecule has 0 bridgehead atoms. The summed E-state index contributed by atoms with van der Waals surface area (Å²) in [5.41, 5.74) is 2.86. The molecule has 0 aliphatic heterocycles. The highest BCUT2D eigenvalue weighted by Gasteiger charge is 2.14. The molecule has 0 saturated carbocycles. The van der Waals surface area contributed by atoms with E-state index in [0.717, 1.165) is 12.5 Å². The molecule has 2 aromatic rings. The summed E-state index contributed by atoms with van der Waals surface area (Å²) in [6, 6.07) is 14.1. The molecule has 5 nitrogen and oxygen atoms in total. The molecule has 6 heteroatoms. The number of carbonyl (C=O) groups is 1. The van der Waals surface area contributed by atoms with Gasteiger partial charge in [-0.15, -0.1) is 0 Å². The van der Waals surface area contributed by atoms with Crippen LogP contribution in [0.25, 0.3) is 0 Å². The van der Waals surface area contributed by atoms with E-state index < -0.39 is 15.9 Å². The van der Waals surface area contributed by atoms with Gasteiger partial charge in [0.2, 0.25) is 5.91 Å². The Labute approximate surface area is 142 Å². The molecule has 0 atom stereocenters. The number of carbonyl (C=O) groups excluding carboxylic acids is 1. The van der Waals surface area contributed by atoms with Crippen LogP contribution in [0.4, 0.5) is 5.69 Å². The highest BCUT2D eigenvalue weighted by molar-refractivity contribution is 7.90. The average Bonchev–Trinajstić information content (AvgIpc) is 2.52. The molecule has 0 unspecified atom stereocenters. The summed E-state index contributed by atoms with van der Waals surface area (Å²) in [5.74, 6) is -0.143. The summed E-state index contributed by atoms with van der Waals surface area (Å²) >= 11 is 0. The molecule has 2 rings (SSSR count). The van der Waals surface area contributed by atoms with Gasteiger partial charge in [0.1, 0.15) is 0 Å². The van der Waals surface area contributed by atoms with Gasteiger partial charge in [0, 0.05) is 13.1 Å². The Morgan fingerprint density at radius 3 is 2.12 bits per heavy atom. The first-order chi connectivity index (χ1) is 11.3. The molecule has 126 valence electrons. The van der Waals surface area contributed by atoms with Crippen molar-refractivity contribution in [3.05, 3.63) is 59.7 Å². The van der Waals surface area contributed by atoms with Crippen molar-refractivity contribution in [2.24, 2.45) is 4.99 Å². The minimum Gasteiger partial charge on any atom is -0.274 e. The fourth-order valence-electron chi connectivity index (χ4n) is 2.08. The van der Waals surface area contributed by atoms with Gasteiger partial charge in [-0.25, -0.2) is 13.1 Å². The number of sulfonamides is 1. The second-order valence-electron chi connectivity index (χ2n) is 5.74. The lowest BCUT2D eigenvalue weighted by atomic mass is 10.0. The third-order valence-corrected chi connectivity index (χ3v) is 4.84. The summed E-state index contributed by atoms with van der Waals surface area (Å²) in [6.07, 6.45) is 1.72. The van der Waals surface area contributed by atoms with E-state index in [9.17, 15) is 13.2 Å². The maximum atomic E-state index is 11.8. The monoisotopic (exact) mass is 344 g/mol. The minimum absolute atomic E-state index is 0.0259. The van der Waals surface area contributed by atoms with E-state index in [-0.39, 0.29) is 4.90 Å². The number of benzene rings is 2. The molecule has 0 aromatic heterocycles. The Hall–Kier alpha value is -2.47. The van der Waals surface area contributed by atoms with Crippen LogP contribution in [0.5, 0.6) is 0 Å². The number of nitrogens with zero attached hydrogens (tertiary/aromatic N) is 1. The first-order valence-electron chi connectivity index (χ1n) is 7.55. The third kappa shape index (κ3) is 4.76. The first-order valence-corrected chi connectivity index (χ1v) is 9.04. The standard InChI is InChI=1S/C18H20N2O3S/c1-13(2)16-6-4-15(5-7-16)12-19-17-8-10-18(11-9-17)24(22,23)20-14(3)21/h4-13H,1-3H3,(H,20,21). The van der Waals surface area contributed by atoms with Crippen LogP contribution in [0, 0.1) is 0 Å². The molecule has 0 spiro atoms. The van der Waals surface area contributed by atoms with Crippen molar-refractivity contribution in [1.29, 1.82) is 0 Å². The predicted molar refractivity (Wildman–Crippen MR) is 95.2 cm³/mol. The Morgan fingerprint density at radius 1 is 1.04 bits per heavy atom. The van der Waals surface area contributed by atoms with E-state index in [2.05, 4.69) is 31.0 Å². The van der Waals surface area contributed by atoms with Crippen LogP contribution in [0.15, 0.2) is 58.4 Å². The highest BCUT2D eigenvalue weighted by atomic mass is 32.2. The van der Waals surface area contributed by atoms with Gasteiger partial charge >= 0.3 is 0 Å². The molecule has 24 heavy (non-hydrogen) atoms. The quantitative estimate of drug-likeness (QED) is 0.845. The van der Waals surface area contributed by atoms with E-state index in [1.54, 1.807) is 18.3 Å². The highest BCUT2D eigenvalue weighted by Crippen LogP contribution is 2.17. The molecule has 0 aliphatic carbocycles. The fourth-order valence-corrected chi connectivity index (χ4v) is 3.07. The van der Waals surface area contributed by atoms with Crippen LogP contribution in [-0.4, -0.2) is 20.5 Å². The van der Waals surface area contributed by atoms with Crippen molar-refractivity contribution in [1.82, 2.24) is 4.72 Å². The predicted octanol–water partition coefficient (Wildman–Crippen LogP) is 3.39. The molecule has 2 aromatic carbocycles. The number of hydrogen-bond donors (Lipinski definition) is 1. The van der Waals surface area contributed by atoms with Crippen molar-refractivity contribution in [3.8, 4) is 0 Å². The van der Waals surface area contributed by atoms with Gasteiger partial charge in [-0.2, -0.15) is 0 Å². The Bertz CT molecular complexity index is 837. The molecule has 0 aliphatic rings. The van der Waals surface area contributed by atoms with Crippen LogP contribution >= 0.6 is 0 Å². The summed E-state index contributed by atoms with van der Waals surface area (Å²) in [6.45, 7) is 5.43. The van der Waals surface area contributed by atoms with Gasteiger partial charge in [-0.3, -0.25) is 9.79 Å². The molecule has 0 heterocycles. The van der Waals surface area contributed by atoms with Gasteiger partial charge in [0.05, 0.1) is 10.6 Å². The minimum atomic E-state index is -3.81. The summed E-state index contributed by atoms with van der Waals surface area (Å²) in [5, 5.41) is 0. The fraction of sp³-hybridized carbons (Fsp3) is 0.222. The zero-order chi connectivity index (χ0) is 17.7. The largest absolute Gasteiger partial charge is 0.274 e. The number of rotatable bonds is 5. The van der Waals surface area contributed by atoms with Gasteiger partial charge in [0.15, 0.2) is 0 Å². The maximum absolute atomic E-state index is 11.8. The number of amides is 1. The van der Waals surface area contributed by atoms with Crippen molar-refractivity contribution in [2.75, 3.05) is 0 Å². The molecule has 1 amide bonds. The van der Waals surface area contributed by atoms with Crippen LogP contribution in [0.2, 0.25) is 0 Å². The lowest BCUT2D eigenvalue weighted by Crippen LogP contribution is -2.28. The second kappa shape index (κ2) is 7.40. The summed E-state index contributed by atoms with van der Waals surface area (Å²) in [4.78, 5) is 15.3. The smallest absolute Gasteiger partial charge is 0.264 e. The average molecular weight is 344 g/mol. The molecule has 0 saturated heterocycles. The van der Waals surface area contributed by atoms with E-state index in [1.807, 2.05) is 16.9 Å². The molecule has 0 fully saturated rings. The van der Waals surface area contributed by atoms with Crippen LogP contribution in [0.1, 0.15) is 37.8 Å². The zero-order valence-electron chi connectivity index (χ0n) is 13.9. The van der Waals surface area contributed by atoms with E-state index in [1.165, 1.54) is 17.7 Å². The zero-order valence-corrected chi connectivity index (χ0v) is 14.7. The van der Waals surface area contributed by atoms with Gasteiger partial charge in [-0.05, 0) is 41.3 Å². The molecular formula is C18H20N2O3S. The summed E-state index contributed by atoms with van der Waals surface area (Å²) < 4.78 is 25.6. The molecular weight excluding hydrogens is 324 g/mol. The first kappa shape index (κ1) is 17.9. The van der Waals surface area contributed by atoms with Crippen LogP contribution < -0.4 is 4.72 Å². The van der Waals surface area contributed by atoms with E-state index in [4.69, 9.17) is 0 Å². The topological polar surface area (TPSA) is 75.6 Å². The number of aliphatic imine (C=N–C) groups is 1. The van der Waals surface area contributed by atoms with E-state index >= 15 is 0 Å². The third-order valence-electron chi connectivity index (χ3n) is 3.39. The SMILES string of the molecule is CC(=O)NS(=O)(=O)c1ccc(N=Cc2ccc(C(C)C)cc2)cc1. The lowest BCUT2D eigenvalue weighted by Gasteiger charge is -2.05. The molecule has 0 radical (unpaired) electrons. The van der Waals surface area contributed by atoms with Crippen LogP contribution in [-0.2, 0) is 14.8 Å².